The number of rotatable bonds is 4. The third-order valence-electron chi connectivity index (χ3n) is 5.20. The number of thioether (sulfide) groups is 1. The predicted octanol–water partition coefficient (Wildman–Crippen LogP) is 4.06. The van der Waals surface area contributed by atoms with E-state index in [0.717, 1.165) is 11.3 Å². The van der Waals surface area contributed by atoms with Gasteiger partial charge >= 0.3 is 6.03 Å². The third kappa shape index (κ3) is 5.63. The molecule has 2 fully saturated rings. The van der Waals surface area contributed by atoms with Crippen molar-refractivity contribution < 1.29 is 19.4 Å². The lowest BCUT2D eigenvalue weighted by Gasteiger charge is -2.40. The molecule has 2 aliphatic rings. The number of benzene rings is 1. The Labute approximate surface area is 171 Å². The number of urea groups is 1. The van der Waals surface area contributed by atoms with Gasteiger partial charge in [0.05, 0.1) is 18.8 Å². The fraction of sp³-hybridized carbons (Fsp3) is 0.667. The zero-order valence-electron chi connectivity index (χ0n) is 17.3. The van der Waals surface area contributed by atoms with Crippen molar-refractivity contribution in [1.29, 1.82) is 0 Å². The molecular formula is C21H32N2O4S. The van der Waals surface area contributed by atoms with Gasteiger partial charge in [0.15, 0.2) is 5.79 Å². The molecule has 3 rings (SSSR count). The summed E-state index contributed by atoms with van der Waals surface area (Å²) in [6.07, 6.45) is 2.40. The lowest BCUT2D eigenvalue weighted by atomic mass is 9.81. The van der Waals surface area contributed by atoms with Crippen LogP contribution in [0.25, 0.3) is 0 Å². The molecule has 156 valence electrons. The molecule has 7 heteroatoms. The molecule has 0 radical (unpaired) electrons. The second kappa shape index (κ2) is 8.22. The second-order valence-electron chi connectivity index (χ2n) is 8.83. The van der Waals surface area contributed by atoms with Gasteiger partial charge in [-0.25, -0.2) is 4.79 Å². The highest BCUT2D eigenvalue weighted by atomic mass is 32.2. The van der Waals surface area contributed by atoms with Crippen molar-refractivity contribution in [1.82, 2.24) is 5.32 Å². The monoisotopic (exact) mass is 408 g/mol. The van der Waals surface area contributed by atoms with Crippen LogP contribution in [-0.2, 0) is 9.47 Å². The quantitative estimate of drug-likeness (QED) is 0.655. The Bertz CT molecular complexity index is 701. The summed E-state index contributed by atoms with van der Waals surface area (Å²) in [5, 5.41) is 16.5. The molecule has 6 nitrogen and oxygen atoms in total. The van der Waals surface area contributed by atoms with Crippen molar-refractivity contribution in [2.45, 2.75) is 74.4 Å². The molecule has 0 atom stereocenters. The summed E-state index contributed by atoms with van der Waals surface area (Å²) in [4.78, 5) is 13.5. The number of carbonyl (C=O) groups is 1. The van der Waals surface area contributed by atoms with E-state index in [9.17, 15) is 9.90 Å². The minimum atomic E-state index is -0.917. The molecule has 0 unspecified atom stereocenters. The summed E-state index contributed by atoms with van der Waals surface area (Å²) in [6, 6.07) is 5.73. The zero-order valence-corrected chi connectivity index (χ0v) is 18.1. The number of amides is 2. The van der Waals surface area contributed by atoms with E-state index in [-0.39, 0.29) is 17.3 Å². The minimum absolute atomic E-state index is 0.140. The van der Waals surface area contributed by atoms with Gasteiger partial charge in [-0.3, -0.25) is 0 Å². The van der Waals surface area contributed by atoms with Gasteiger partial charge in [-0.2, -0.15) is 0 Å². The van der Waals surface area contributed by atoms with Crippen LogP contribution in [0.4, 0.5) is 10.5 Å². The van der Waals surface area contributed by atoms with E-state index in [1.165, 1.54) is 4.90 Å². The summed E-state index contributed by atoms with van der Waals surface area (Å²) in [7, 11) is 0. The maximum atomic E-state index is 12.3. The Kier molecular flexibility index (Phi) is 6.29. The van der Waals surface area contributed by atoms with Crippen molar-refractivity contribution in [3.05, 3.63) is 23.8 Å². The number of aryl methyl sites for hydroxylation is 1. The van der Waals surface area contributed by atoms with E-state index < -0.39 is 11.4 Å². The first-order chi connectivity index (χ1) is 13.1. The van der Waals surface area contributed by atoms with Gasteiger partial charge in [0, 0.05) is 34.7 Å². The zero-order chi connectivity index (χ0) is 20.4. The van der Waals surface area contributed by atoms with Gasteiger partial charge in [0.25, 0.3) is 0 Å². The number of ether oxygens (including phenoxy) is 2. The van der Waals surface area contributed by atoms with Crippen LogP contribution in [0.5, 0.6) is 0 Å². The first-order valence-electron chi connectivity index (χ1n) is 9.93. The van der Waals surface area contributed by atoms with E-state index in [0.29, 0.717) is 38.9 Å². The van der Waals surface area contributed by atoms with Crippen molar-refractivity contribution in [2.24, 2.45) is 0 Å². The maximum absolute atomic E-state index is 12.3. The van der Waals surface area contributed by atoms with E-state index in [1.807, 2.05) is 19.1 Å². The Balaban J connectivity index is 1.49. The lowest BCUT2D eigenvalue weighted by Crippen LogP contribution is -2.50. The van der Waals surface area contributed by atoms with Crippen LogP contribution in [-0.4, -0.2) is 47.0 Å². The fourth-order valence-electron chi connectivity index (χ4n) is 3.66. The number of aliphatic hydroxyl groups is 1. The smallest absolute Gasteiger partial charge is 0.319 e. The van der Waals surface area contributed by atoms with Crippen molar-refractivity contribution in [3.8, 4) is 0 Å². The summed E-state index contributed by atoms with van der Waals surface area (Å²) in [5.74, 6) is -0.515. The molecule has 1 saturated heterocycles. The second-order valence-corrected chi connectivity index (χ2v) is 10.7. The normalized spacial score (nSPS) is 20.9. The Morgan fingerprint density at radius 2 is 1.82 bits per heavy atom. The molecule has 3 N–H and O–H groups in total. The number of carbonyl (C=O) groups excluding carboxylic acids is 1. The number of hydrogen-bond donors (Lipinski definition) is 3. The van der Waals surface area contributed by atoms with Crippen LogP contribution in [0, 0.1) is 6.92 Å². The Morgan fingerprint density at radius 3 is 2.39 bits per heavy atom. The summed E-state index contributed by atoms with van der Waals surface area (Å²) in [5.41, 5.74) is 0.872. The van der Waals surface area contributed by atoms with Gasteiger partial charge in [-0.15, -0.1) is 11.8 Å². The topological polar surface area (TPSA) is 79.8 Å². The van der Waals surface area contributed by atoms with Crippen molar-refractivity contribution >= 4 is 23.5 Å². The van der Waals surface area contributed by atoms with E-state index in [4.69, 9.17) is 9.47 Å². The average molecular weight is 409 g/mol. The van der Waals surface area contributed by atoms with Gasteiger partial charge in [0.1, 0.15) is 0 Å². The summed E-state index contributed by atoms with van der Waals surface area (Å²) in [6.45, 7) is 9.96. The first kappa shape index (κ1) is 21.4. The molecule has 1 heterocycles. The highest BCUT2D eigenvalue weighted by Crippen LogP contribution is 2.40. The van der Waals surface area contributed by atoms with Gasteiger partial charge in [-0.1, -0.05) is 20.8 Å². The number of hydrogen-bond acceptors (Lipinski definition) is 5. The molecule has 0 aromatic heterocycles. The number of nitrogens with one attached hydrogen (secondary N) is 2. The predicted molar refractivity (Wildman–Crippen MR) is 112 cm³/mol. The summed E-state index contributed by atoms with van der Waals surface area (Å²) >= 11 is 1.80. The molecular weight excluding hydrogens is 376 g/mol. The molecule has 2 amide bonds. The van der Waals surface area contributed by atoms with E-state index in [1.54, 1.807) is 11.8 Å². The Morgan fingerprint density at radius 1 is 1.18 bits per heavy atom. The Hall–Kier alpha value is -1.28. The molecule has 1 aromatic rings. The largest absolute Gasteiger partial charge is 0.388 e. The average Bonchev–Trinajstić information content (AvgIpc) is 3.06. The number of anilines is 1. The van der Waals surface area contributed by atoms with Crippen molar-refractivity contribution in [3.63, 3.8) is 0 Å². The summed E-state index contributed by atoms with van der Waals surface area (Å²) < 4.78 is 11.5. The van der Waals surface area contributed by atoms with Gasteiger partial charge in [0.2, 0.25) is 0 Å². The lowest BCUT2D eigenvalue weighted by molar-refractivity contribution is -0.201. The van der Waals surface area contributed by atoms with Crippen LogP contribution >= 0.6 is 11.8 Å². The molecule has 1 aliphatic carbocycles. The van der Waals surface area contributed by atoms with Crippen LogP contribution < -0.4 is 10.6 Å². The molecule has 1 aromatic carbocycles. The van der Waals surface area contributed by atoms with E-state index in [2.05, 4.69) is 37.5 Å². The molecule has 0 bridgehead atoms. The standard InChI is InChI=1S/C21H32N2O4S/c1-15-13-16(28-19(2,3)4)5-6-17(15)23-18(24)22-14-20(25)7-9-21(10-8-20)26-11-12-27-21/h5-6,13,25H,7-12,14H2,1-4H3,(H2,22,23,24). The third-order valence-corrected chi connectivity index (χ3v) is 6.31. The van der Waals surface area contributed by atoms with Crippen LogP contribution in [0.15, 0.2) is 23.1 Å². The SMILES string of the molecule is Cc1cc(SC(C)(C)C)ccc1NC(=O)NCC1(O)CCC2(CC1)OCCO2. The minimum Gasteiger partial charge on any atom is -0.388 e. The van der Waals surface area contributed by atoms with Gasteiger partial charge < -0.3 is 25.2 Å². The highest BCUT2D eigenvalue weighted by molar-refractivity contribution is 8.00. The molecule has 1 saturated carbocycles. The molecule has 28 heavy (non-hydrogen) atoms. The van der Waals surface area contributed by atoms with Crippen LogP contribution in [0.3, 0.4) is 0 Å². The van der Waals surface area contributed by atoms with Gasteiger partial charge in [-0.05, 0) is 43.5 Å². The highest BCUT2D eigenvalue weighted by Gasteiger charge is 2.45. The van der Waals surface area contributed by atoms with Crippen molar-refractivity contribution in [2.75, 3.05) is 25.1 Å². The first-order valence-corrected chi connectivity index (χ1v) is 10.7. The fourth-order valence-corrected chi connectivity index (χ4v) is 4.74. The van der Waals surface area contributed by atoms with Crippen LogP contribution in [0.2, 0.25) is 0 Å². The van der Waals surface area contributed by atoms with E-state index >= 15 is 0 Å². The molecule has 1 aliphatic heterocycles. The molecule has 1 spiro atoms. The maximum Gasteiger partial charge on any atom is 0.319 e. The van der Waals surface area contributed by atoms with Crippen LogP contribution in [0.1, 0.15) is 52.0 Å².